The number of rotatable bonds is 7. The summed E-state index contributed by atoms with van der Waals surface area (Å²) in [5.74, 6) is -1.21. The number of sulfonamides is 1. The van der Waals surface area contributed by atoms with Gasteiger partial charge in [0.05, 0.1) is 35.3 Å². The van der Waals surface area contributed by atoms with Gasteiger partial charge in [0.2, 0.25) is 15.9 Å². The average molecular weight is 459 g/mol. The fourth-order valence-corrected chi connectivity index (χ4v) is 4.31. The SMILES string of the molecule is CCC(C(=O)Nc1cc(C(=O)OC)ccc1Cl)N(c1cccc(Cl)c1)S(C)(=O)=O. The number of esters is 1. The number of nitrogens with one attached hydrogen (secondary N) is 1. The highest BCUT2D eigenvalue weighted by Gasteiger charge is 2.32. The minimum Gasteiger partial charge on any atom is -0.465 e. The number of benzene rings is 2. The summed E-state index contributed by atoms with van der Waals surface area (Å²) in [4.78, 5) is 24.7. The molecule has 0 saturated heterocycles. The Hall–Kier alpha value is -2.29. The molecule has 2 rings (SSSR count). The number of nitrogens with zero attached hydrogens (tertiary/aromatic N) is 1. The third kappa shape index (κ3) is 5.62. The zero-order valence-corrected chi connectivity index (χ0v) is 18.3. The predicted molar refractivity (Wildman–Crippen MR) is 114 cm³/mol. The molecular formula is C19H20Cl2N2O5S. The zero-order valence-electron chi connectivity index (χ0n) is 16.0. The van der Waals surface area contributed by atoms with Crippen molar-refractivity contribution >= 4 is 56.5 Å². The van der Waals surface area contributed by atoms with E-state index < -0.39 is 27.9 Å². The molecular weight excluding hydrogens is 439 g/mol. The first-order valence-corrected chi connectivity index (χ1v) is 11.1. The summed E-state index contributed by atoms with van der Waals surface area (Å²) < 4.78 is 30.6. The maximum absolute atomic E-state index is 13.0. The Morgan fingerprint density at radius 2 is 1.86 bits per heavy atom. The molecule has 1 unspecified atom stereocenters. The molecule has 0 bridgehead atoms. The smallest absolute Gasteiger partial charge is 0.337 e. The lowest BCUT2D eigenvalue weighted by Crippen LogP contribution is -2.47. The van der Waals surface area contributed by atoms with Crippen LogP contribution in [0, 0.1) is 0 Å². The van der Waals surface area contributed by atoms with E-state index in [1.165, 1.54) is 31.4 Å². The van der Waals surface area contributed by atoms with Gasteiger partial charge in [-0.2, -0.15) is 0 Å². The highest BCUT2D eigenvalue weighted by atomic mass is 35.5. The van der Waals surface area contributed by atoms with E-state index >= 15 is 0 Å². The van der Waals surface area contributed by atoms with E-state index in [0.717, 1.165) is 10.6 Å². The zero-order chi connectivity index (χ0) is 21.8. The second-order valence-corrected chi connectivity index (χ2v) is 8.84. The van der Waals surface area contributed by atoms with Crippen molar-refractivity contribution in [3.63, 3.8) is 0 Å². The third-order valence-electron chi connectivity index (χ3n) is 4.04. The van der Waals surface area contributed by atoms with Crippen LogP contribution in [0.15, 0.2) is 42.5 Å². The number of carbonyl (C=O) groups excluding carboxylic acids is 2. The maximum atomic E-state index is 13.0. The molecule has 0 aromatic heterocycles. The summed E-state index contributed by atoms with van der Waals surface area (Å²) in [6.07, 6.45) is 1.19. The molecule has 1 atom stereocenters. The monoisotopic (exact) mass is 458 g/mol. The van der Waals surface area contributed by atoms with Crippen molar-refractivity contribution in [1.82, 2.24) is 0 Å². The average Bonchev–Trinajstić information content (AvgIpc) is 2.65. The van der Waals surface area contributed by atoms with Crippen LogP contribution >= 0.6 is 23.2 Å². The first-order chi connectivity index (χ1) is 13.6. The van der Waals surface area contributed by atoms with E-state index in [1.54, 1.807) is 25.1 Å². The first-order valence-electron chi connectivity index (χ1n) is 8.52. The van der Waals surface area contributed by atoms with Crippen LogP contribution in [0.2, 0.25) is 10.0 Å². The molecule has 2 aromatic carbocycles. The first kappa shape index (κ1) is 23.0. The van der Waals surface area contributed by atoms with Gasteiger partial charge in [-0.25, -0.2) is 13.2 Å². The molecule has 0 aliphatic heterocycles. The van der Waals surface area contributed by atoms with Crippen LogP contribution < -0.4 is 9.62 Å². The lowest BCUT2D eigenvalue weighted by Gasteiger charge is -2.30. The standard InChI is InChI=1S/C19H20Cl2N2O5S/c1-4-17(23(29(3,26)27)14-7-5-6-13(20)11-14)18(24)22-16-10-12(19(25)28-2)8-9-15(16)21/h5-11,17H,4H2,1-3H3,(H,22,24). The summed E-state index contributed by atoms with van der Waals surface area (Å²) in [7, 11) is -2.58. The van der Waals surface area contributed by atoms with Gasteiger partial charge in [-0.15, -0.1) is 0 Å². The largest absolute Gasteiger partial charge is 0.465 e. The molecule has 1 N–H and O–H groups in total. The fourth-order valence-electron chi connectivity index (χ4n) is 2.76. The van der Waals surface area contributed by atoms with Gasteiger partial charge in [0.25, 0.3) is 0 Å². The van der Waals surface area contributed by atoms with Crippen LogP contribution in [-0.2, 0) is 19.6 Å². The van der Waals surface area contributed by atoms with Crippen LogP contribution in [0.4, 0.5) is 11.4 Å². The molecule has 0 radical (unpaired) electrons. The number of halogens is 2. The van der Waals surface area contributed by atoms with E-state index in [0.29, 0.717) is 5.02 Å². The third-order valence-corrected chi connectivity index (χ3v) is 5.78. The van der Waals surface area contributed by atoms with Gasteiger partial charge in [0.1, 0.15) is 6.04 Å². The van der Waals surface area contributed by atoms with E-state index in [1.807, 2.05) is 0 Å². The van der Waals surface area contributed by atoms with Gasteiger partial charge < -0.3 is 10.1 Å². The quantitative estimate of drug-likeness (QED) is 0.633. The minimum absolute atomic E-state index is 0.164. The lowest BCUT2D eigenvalue weighted by molar-refractivity contribution is -0.117. The van der Waals surface area contributed by atoms with Crippen molar-refractivity contribution in [2.75, 3.05) is 23.0 Å². The molecule has 10 heteroatoms. The number of ether oxygens (including phenoxy) is 1. The van der Waals surface area contributed by atoms with Gasteiger partial charge in [-0.3, -0.25) is 9.10 Å². The summed E-state index contributed by atoms with van der Waals surface area (Å²) in [5.41, 5.74) is 0.615. The van der Waals surface area contributed by atoms with Crippen LogP contribution in [0.3, 0.4) is 0 Å². The number of hydrogen-bond donors (Lipinski definition) is 1. The van der Waals surface area contributed by atoms with E-state index in [-0.39, 0.29) is 28.4 Å². The molecule has 156 valence electrons. The van der Waals surface area contributed by atoms with Crippen molar-refractivity contribution in [2.45, 2.75) is 19.4 Å². The second-order valence-electron chi connectivity index (χ2n) is 6.14. The maximum Gasteiger partial charge on any atom is 0.337 e. The van der Waals surface area contributed by atoms with Gasteiger partial charge >= 0.3 is 5.97 Å². The van der Waals surface area contributed by atoms with Crippen molar-refractivity contribution in [3.05, 3.63) is 58.1 Å². The Morgan fingerprint density at radius 1 is 1.17 bits per heavy atom. The summed E-state index contributed by atoms with van der Waals surface area (Å²) in [6, 6.07) is 9.40. The van der Waals surface area contributed by atoms with E-state index in [9.17, 15) is 18.0 Å². The molecule has 0 fully saturated rings. The Kier molecular flexibility index (Phi) is 7.51. The minimum atomic E-state index is -3.81. The van der Waals surface area contributed by atoms with Gasteiger partial charge in [0, 0.05) is 5.02 Å². The molecule has 0 aliphatic rings. The lowest BCUT2D eigenvalue weighted by atomic mass is 10.1. The summed E-state index contributed by atoms with van der Waals surface area (Å²) >= 11 is 12.1. The van der Waals surface area contributed by atoms with Crippen LogP contribution in [0.1, 0.15) is 23.7 Å². The van der Waals surface area contributed by atoms with Gasteiger partial charge in [0.15, 0.2) is 0 Å². The highest BCUT2D eigenvalue weighted by Crippen LogP contribution is 2.28. The number of hydrogen-bond acceptors (Lipinski definition) is 5. The summed E-state index contributed by atoms with van der Waals surface area (Å²) in [6.45, 7) is 1.68. The fraction of sp³-hybridized carbons (Fsp3) is 0.263. The number of amides is 1. The summed E-state index contributed by atoms with van der Waals surface area (Å²) in [5, 5.41) is 3.12. The Balaban J connectivity index is 2.42. The molecule has 2 aromatic rings. The Bertz CT molecular complexity index is 1030. The van der Waals surface area contributed by atoms with Gasteiger partial charge in [-0.1, -0.05) is 36.2 Å². The molecule has 0 aliphatic carbocycles. The number of carbonyl (C=O) groups is 2. The van der Waals surface area contributed by atoms with E-state index in [4.69, 9.17) is 23.2 Å². The Labute approximate surface area is 179 Å². The van der Waals surface area contributed by atoms with Crippen molar-refractivity contribution < 1.29 is 22.7 Å². The molecule has 0 heterocycles. The molecule has 7 nitrogen and oxygen atoms in total. The van der Waals surface area contributed by atoms with Crippen molar-refractivity contribution in [2.24, 2.45) is 0 Å². The molecule has 29 heavy (non-hydrogen) atoms. The number of anilines is 2. The predicted octanol–water partition coefficient (Wildman–Crippen LogP) is 3.96. The van der Waals surface area contributed by atoms with Crippen molar-refractivity contribution in [1.29, 1.82) is 0 Å². The van der Waals surface area contributed by atoms with E-state index in [2.05, 4.69) is 10.1 Å². The Morgan fingerprint density at radius 3 is 2.41 bits per heavy atom. The van der Waals surface area contributed by atoms with Crippen LogP contribution in [0.5, 0.6) is 0 Å². The molecule has 0 saturated carbocycles. The number of methoxy groups -OCH3 is 1. The molecule has 0 spiro atoms. The second kappa shape index (κ2) is 9.47. The molecule has 1 amide bonds. The van der Waals surface area contributed by atoms with Gasteiger partial charge in [-0.05, 0) is 42.8 Å². The topological polar surface area (TPSA) is 92.8 Å². The van der Waals surface area contributed by atoms with Crippen molar-refractivity contribution in [3.8, 4) is 0 Å². The van der Waals surface area contributed by atoms with Crippen LogP contribution in [0.25, 0.3) is 0 Å². The van der Waals surface area contributed by atoms with Crippen LogP contribution in [-0.4, -0.2) is 39.7 Å². The normalized spacial score (nSPS) is 12.2. The highest BCUT2D eigenvalue weighted by molar-refractivity contribution is 7.92.